The summed E-state index contributed by atoms with van der Waals surface area (Å²) in [5.74, 6) is 0.968. The third-order valence-electron chi connectivity index (χ3n) is 6.22. The van der Waals surface area contributed by atoms with Crippen molar-refractivity contribution in [1.82, 2.24) is 24.2 Å². The largest absolute Gasteiger partial charge is 0.492 e. The lowest BCUT2D eigenvalue weighted by molar-refractivity contribution is -0.117. The zero-order valence-electron chi connectivity index (χ0n) is 20.9. The third kappa shape index (κ3) is 5.45. The maximum Gasteiger partial charge on any atom is 0.246 e. The summed E-state index contributed by atoms with van der Waals surface area (Å²) in [5, 5.41) is 3.83. The van der Waals surface area contributed by atoms with Gasteiger partial charge in [-0.2, -0.15) is 4.31 Å². The minimum Gasteiger partial charge on any atom is -0.492 e. The fraction of sp³-hybridized carbons (Fsp3) is 0.458. The lowest BCUT2D eigenvalue weighted by atomic mass is 10.2. The van der Waals surface area contributed by atoms with E-state index >= 15 is 0 Å². The number of ether oxygens (including phenoxy) is 1. The summed E-state index contributed by atoms with van der Waals surface area (Å²) in [4.78, 5) is 28.9. The molecular formula is C24H33N7O4S. The number of anilines is 2. The summed E-state index contributed by atoms with van der Waals surface area (Å²) in [6.07, 6.45) is 3.41. The van der Waals surface area contributed by atoms with E-state index in [1.54, 1.807) is 39.2 Å². The number of nitrogens with one attached hydrogen (secondary N) is 2. The van der Waals surface area contributed by atoms with Crippen LogP contribution in [0.4, 0.5) is 11.5 Å². The standard InChI is InChI=1S/C24H33N7O4S/c1-4-31(5-2)36(33,34)21-15-18(7-8-20(21)35-6-3)28-22(32)16-29-11-13-30(14-12-29)24-19-9-10-25-23(19)26-17-27-24/h7-10,15,17H,4-6,11-14,16H2,1-3H3,(H,28,32)(H,25,26,27). The van der Waals surface area contributed by atoms with Crippen molar-refractivity contribution in [1.29, 1.82) is 0 Å². The van der Waals surface area contributed by atoms with Crippen molar-refractivity contribution < 1.29 is 17.9 Å². The van der Waals surface area contributed by atoms with Crippen molar-refractivity contribution in [2.24, 2.45) is 0 Å². The van der Waals surface area contributed by atoms with E-state index in [-0.39, 0.29) is 23.1 Å². The molecule has 12 heteroatoms. The quantitative estimate of drug-likeness (QED) is 0.421. The molecule has 36 heavy (non-hydrogen) atoms. The fourth-order valence-corrected chi connectivity index (χ4v) is 6.01. The van der Waals surface area contributed by atoms with Crippen LogP contribution in [0.2, 0.25) is 0 Å². The van der Waals surface area contributed by atoms with Gasteiger partial charge in [-0.3, -0.25) is 9.69 Å². The molecule has 0 aliphatic carbocycles. The minimum absolute atomic E-state index is 0.0559. The Morgan fingerprint density at radius 2 is 1.86 bits per heavy atom. The highest BCUT2D eigenvalue weighted by Gasteiger charge is 2.27. The fourth-order valence-electron chi connectivity index (χ4n) is 4.40. The summed E-state index contributed by atoms with van der Waals surface area (Å²) >= 11 is 0. The molecule has 0 radical (unpaired) electrons. The average molecular weight is 516 g/mol. The molecule has 2 N–H and O–H groups in total. The van der Waals surface area contributed by atoms with Gasteiger partial charge >= 0.3 is 0 Å². The van der Waals surface area contributed by atoms with Gasteiger partial charge in [-0.05, 0) is 31.2 Å². The van der Waals surface area contributed by atoms with Crippen molar-refractivity contribution in [2.75, 3.05) is 62.6 Å². The van der Waals surface area contributed by atoms with Crippen LogP contribution < -0.4 is 15.0 Å². The Balaban J connectivity index is 1.40. The number of carbonyl (C=O) groups excluding carboxylic acids is 1. The van der Waals surface area contributed by atoms with Crippen molar-refractivity contribution in [3.8, 4) is 5.75 Å². The van der Waals surface area contributed by atoms with Crippen molar-refractivity contribution in [2.45, 2.75) is 25.7 Å². The molecule has 1 aliphatic rings. The number of aromatic amines is 1. The summed E-state index contributed by atoms with van der Waals surface area (Å²) < 4.78 is 33.3. The third-order valence-corrected chi connectivity index (χ3v) is 8.29. The highest BCUT2D eigenvalue weighted by Crippen LogP contribution is 2.30. The second-order valence-corrected chi connectivity index (χ2v) is 10.3. The number of sulfonamides is 1. The van der Waals surface area contributed by atoms with Crippen LogP contribution in [0.25, 0.3) is 11.0 Å². The number of aromatic nitrogens is 3. The van der Waals surface area contributed by atoms with Gasteiger partial charge in [-0.25, -0.2) is 18.4 Å². The smallest absolute Gasteiger partial charge is 0.246 e. The second-order valence-electron chi connectivity index (χ2n) is 8.43. The highest BCUT2D eigenvalue weighted by atomic mass is 32.2. The van der Waals surface area contributed by atoms with Crippen LogP contribution in [0.3, 0.4) is 0 Å². The molecule has 1 fully saturated rings. The number of benzene rings is 1. The Labute approximate surface area is 211 Å². The zero-order chi connectivity index (χ0) is 25.7. The Bertz CT molecular complexity index is 1300. The maximum absolute atomic E-state index is 13.2. The number of rotatable bonds is 10. The molecule has 3 aromatic rings. The first-order valence-corrected chi connectivity index (χ1v) is 13.6. The molecule has 2 aromatic heterocycles. The number of H-pyrrole nitrogens is 1. The van der Waals surface area contributed by atoms with E-state index in [0.717, 1.165) is 29.9 Å². The minimum atomic E-state index is -3.76. The van der Waals surface area contributed by atoms with Gasteiger partial charge in [0.05, 0.1) is 18.5 Å². The molecular weight excluding hydrogens is 482 g/mol. The van der Waals surface area contributed by atoms with E-state index in [9.17, 15) is 13.2 Å². The zero-order valence-corrected chi connectivity index (χ0v) is 21.7. The number of piperazine rings is 1. The first kappa shape index (κ1) is 25.9. The highest BCUT2D eigenvalue weighted by molar-refractivity contribution is 7.89. The lowest BCUT2D eigenvalue weighted by Gasteiger charge is -2.35. The monoisotopic (exact) mass is 515 g/mol. The summed E-state index contributed by atoms with van der Waals surface area (Å²) in [7, 11) is -3.76. The Hall–Kier alpha value is -3.22. The van der Waals surface area contributed by atoms with E-state index < -0.39 is 10.0 Å². The summed E-state index contributed by atoms with van der Waals surface area (Å²) in [6, 6.07) is 6.71. The second kappa shape index (κ2) is 11.2. The molecule has 194 valence electrons. The Morgan fingerprint density at radius 3 is 2.56 bits per heavy atom. The number of fused-ring (bicyclic) bond motifs is 1. The molecule has 0 atom stereocenters. The van der Waals surface area contributed by atoms with E-state index in [1.807, 2.05) is 12.3 Å². The van der Waals surface area contributed by atoms with Crippen LogP contribution in [-0.4, -0.2) is 90.9 Å². The first-order chi connectivity index (χ1) is 17.4. The van der Waals surface area contributed by atoms with Gasteiger partial charge < -0.3 is 19.9 Å². The molecule has 1 saturated heterocycles. The predicted octanol–water partition coefficient (Wildman–Crippen LogP) is 2.15. The van der Waals surface area contributed by atoms with Crippen LogP contribution in [0.1, 0.15) is 20.8 Å². The van der Waals surface area contributed by atoms with Gasteiger partial charge in [-0.15, -0.1) is 0 Å². The van der Waals surface area contributed by atoms with Crippen LogP contribution in [0.5, 0.6) is 5.75 Å². The van der Waals surface area contributed by atoms with Crippen LogP contribution in [-0.2, 0) is 14.8 Å². The van der Waals surface area contributed by atoms with Gasteiger partial charge in [0, 0.05) is 51.2 Å². The summed E-state index contributed by atoms with van der Waals surface area (Å²) in [6.45, 7) is 9.49. The molecule has 0 spiro atoms. The van der Waals surface area contributed by atoms with Gasteiger partial charge in [0.2, 0.25) is 15.9 Å². The van der Waals surface area contributed by atoms with Crippen LogP contribution in [0.15, 0.2) is 41.7 Å². The Kier molecular flexibility index (Phi) is 8.07. The number of carbonyl (C=O) groups is 1. The molecule has 1 aliphatic heterocycles. The molecule has 0 unspecified atom stereocenters. The summed E-state index contributed by atoms with van der Waals surface area (Å²) in [5.41, 5.74) is 1.23. The average Bonchev–Trinajstić information content (AvgIpc) is 3.35. The molecule has 3 heterocycles. The normalized spacial score (nSPS) is 14.9. The molecule has 1 aromatic carbocycles. The molecule has 0 saturated carbocycles. The van der Waals surface area contributed by atoms with Crippen molar-refractivity contribution in [3.05, 3.63) is 36.8 Å². The Morgan fingerprint density at radius 1 is 1.11 bits per heavy atom. The van der Waals surface area contributed by atoms with Gasteiger partial charge in [0.25, 0.3) is 0 Å². The predicted molar refractivity (Wildman–Crippen MR) is 139 cm³/mol. The van der Waals surface area contributed by atoms with Crippen LogP contribution in [0, 0.1) is 0 Å². The van der Waals surface area contributed by atoms with Gasteiger partial charge in [0.15, 0.2) is 0 Å². The number of hydrogen-bond donors (Lipinski definition) is 2. The first-order valence-electron chi connectivity index (χ1n) is 12.2. The lowest BCUT2D eigenvalue weighted by Crippen LogP contribution is -2.49. The van der Waals surface area contributed by atoms with Crippen molar-refractivity contribution >= 4 is 38.5 Å². The SMILES string of the molecule is CCOc1ccc(NC(=O)CN2CCN(c3ncnc4[nH]ccc34)CC2)cc1S(=O)(=O)N(CC)CC. The van der Waals surface area contributed by atoms with Gasteiger partial charge in [0.1, 0.15) is 28.4 Å². The van der Waals surface area contributed by atoms with E-state index in [2.05, 4.69) is 30.1 Å². The van der Waals surface area contributed by atoms with E-state index in [4.69, 9.17) is 4.74 Å². The number of nitrogens with zero attached hydrogens (tertiary/aromatic N) is 5. The molecule has 4 rings (SSSR count). The molecule has 1 amide bonds. The van der Waals surface area contributed by atoms with E-state index in [1.165, 1.54) is 10.4 Å². The topological polar surface area (TPSA) is 124 Å². The molecule has 11 nitrogen and oxygen atoms in total. The maximum atomic E-state index is 13.2. The van der Waals surface area contributed by atoms with Gasteiger partial charge in [-0.1, -0.05) is 13.8 Å². The molecule has 0 bridgehead atoms. The van der Waals surface area contributed by atoms with E-state index in [0.29, 0.717) is 38.5 Å². The van der Waals surface area contributed by atoms with Crippen molar-refractivity contribution in [3.63, 3.8) is 0 Å². The van der Waals surface area contributed by atoms with Crippen LogP contribution >= 0.6 is 0 Å². The number of amides is 1. The number of hydrogen-bond acceptors (Lipinski definition) is 8.